The van der Waals surface area contributed by atoms with Crippen molar-refractivity contribution in [2.45, 2.75) is 37.8 Å². The third-order valence-corrected chi connectivity index (χ3v) is 4.21. The fourth-order valence-corrected chi connectivity index (χ4v) is 3.28. The van der Waals surface area contributed by atoms with Crippen LogP contribution in [0, 0.1) is 5.92 Å². The van der Waals surface area contributed by atoms with Gasteiger partial charge in [0.05, 0.1) is 0 Å². The molecule has 1 aromatic rings. The van der Waals surface area contributed by atoms with Crippen LogP contribution in [0.3, 0.4) is 0 Å². The second-order valence-electron chi connectivity index (χ2n) is 4.63. The number of nitrogens with one attached hydrogen (secondary N) is 1. The van der Waals surface area contributed by atoms with E-state index in [4.69, 9.17) is 0 Å². The number of hydrogen-bond donors (Lipinski definition) is 1. The van der Waals surface area contributed by atoms with Crippen LogP contribution in [0.25, 0.3) is 0 Å². The summed E-state index contributed by atoms with van der Waals surface area (Å²) in [6.07, 6.45) is 0. The van der Waals surface area contributed by atoms with Crippen LogP contribution >= 0.6 is 11.8 Å². The van der Waals surface area contributed by atoms with E-state index < -0.39 is 0 Å². The summed E-state index contributed by atoms with van der Waals surface area (Å²) < 4.78 is 0. The molecule has 1 aromatic carbocycles. The smallest absolute Gasteiger partial charge is 0.0367 e. The second kappa shape index (κ2) is 4.58. The maximum atomic E-state index is 3.67. The lowest BCUT2D eigenvalue weighted by atomic mass is 9.94. The number of fused-ring (bicyclic) bond motifs is 1. The van der Waals surface area contributed by atoms with Crippen LogP contribution in [-0.2, 0) is 0 Å². The van der Waals surface area contributed by atoms with Gasteiger partial charge in [0.2, 0.25) is 0 Å². The van der Waals surface area contributed by atoms with E-state index in [1.807, 2.05) is 11.8 Å². The molecular weight excluding hydrogens is 202 g/mol. The summed E-state index contributed by atoms with van der Waals surface area (Å²) in [5, 5.41) is 3.67. The fourth-order valence-electron chi connectivity index (χ4n) is 2.11. The van der Waals surface area contributed by atoms with E-state index >= 15 is 0 Å². The summed E-state index contributed by atoms with van der Waals surface area (Å²) in [7, 11) is 0. The lowest BCUT2D eigenvalue weighted by Gasteiger charge is -2.33. The highest BCUT2D eigenvalue weighted by molar-refractivity contribution is 7.99. The number of thioether (sulfide) groups is 1. The van der Waals surface area contributed by atoms with Gasteiger partial charge in [-0.1, -0.05) is 39.0 Å². The average Bonchev–Trinajstić information content (AvgIpc) is 2.22. The minimum atomic E-state index is 0.530. The van der Waals surface area contributed by atoms with Crippen LogP contribution in [0.15, 0.2) is 29.2 Å². The van der Waals surface area contributed by atoms with E-state index in [1.165, 1.54) is 16.2 Å². The van der Waals surface area contributed by atoms with Crippen molar-refractivity contribution in [3.05, 3.63) is 29.8 Å². The average molecular weight is 221 g/mol. The standard InChI is InChI=1S/C13H19NS/c1-9(2)14-13-10(3)8-15-12-7-5-4-6-11(12)13/h4-7,9-10,13-14H,8H2,1-3H3. The topological polar surface area (TPSA) is 12.0 Å². The summed E-state index contributed by atoms with van der Waals surface area (Å²) in [5.41, 5.74) is 1.48. The van der Waals surface area contributed by atoms with Crippen molar-refractivity contribution in [2.75, 3.05) is 5.75 Å². The van der Waals surface area contributed by atoms with Crippen molar-refractivity contribution in [3.63, 3.8) is 0 Å². The summed E-state index contributed by atoms with van der Waals surface area (Å²) >= 11 is 1.99. The third-order valence-electron chi connectivity index (χ3n) is 2.84. The largest absolute Gasteiger partial charge is 0.307 e. The van der Waals surface area contributed by atoms with E-state index in [2.05, 4.69) is 50.4 Å². The maximum Gasteiger partial charge on any atom is 0.0367 e. The molecule has 1 aliphatic heterocycles. The van der Waals surface area contributed by atoms with E-state index in [0.717, 1.165) is 0 Å². The molecule has 2 atom stereocenters. The minimum Gasteiger partial charge on any atom is -0.307 e. The Balaban J connectivity index is 2.28. The molecule has 0 saturated heterocycles. The zero-order chi connectivity index (χ0) is 10.8. The predicted octanol–water partition coefficient (Wildman–Crippen LogP) is 3.47. The van der Waals surface area contributed by atoms with Crippen LogP contribution in [0.4, 0.5) is 0 Å². The highest BCUT2D eigenvalue weighted by atomic mass is 32.2. The quantitative estimate of drug-likeness (QED) is 0.820. The SMILES string of the molecule is CC(C)NC1c2ccccc2SCC1C. The molecule has 2 rings (SSSR count). The highest BCUT2D eigenvalue weighted by Crippen LogP contribution is 2.39. The van der Waals surface area contributed by atoms with E-state index in [-0.39, 0.29) is 0 Å². The summed E-state index contributed by atoms with van der Waals surface area (Å²) in [6.45, 7) is 6.77. The first-order valence-corrected chi connectivity index (χ1v) is 6.65. The van der Waals surface area contributed by atoms with Gasteiger partial charge in [0, 0.05) is 22.7 Å². The van der Waals surface area contributed by atoms with Gasteiger partial charge in [-0.3, -0.25) is 0 Å². The molecule has 0 aromatic heterocycles. The molecule has 0 radical (unpaired) electrons. The van der Waals surface area contributed by atoms with E-state index in [0.29, 0.717) is 18.0 Å². The second-order valence-corrected chi connectivity index (χ2v) is 5.69. The summed E-state index contributed by atoms with van der Waals surface area (Å²) in [4.78, 5) is 1.45. The third kappa shape index (κ3) is 2.37. The Morgan fingerprint density at radius 1 is 1.33 bits per heavy atom. The van der Waals surface area contributed by atoms with Crippen molar-refractivity contribution in [1.82, 2.24) is 5.32 Å². The van der Waals surface area contributed by atoms with Crippen LogP contribution in [0.1, 0.15) is 32.4 Å². The van der Waals surface area contributed by atoms with Crippen LogP contribution in [0.2, 0.25) is 0 Å². The number of benzene rings is 1. The molecule has 15 heavy (non-hydrogen) atoms. The lowest BCUT2D eigenvalue weighted by molar-refractivity contribution is 0.376. The van der Waals surface area contributed by atoms with Gasteiger partial charge in [0.15, 0.2) is 0 Å². The zero-order valence-electron chi connectivity index (χ0n) is 9.66. The van der Waals surface area contributed by atoms with Crippen LogP contribution in [0.5, 0.6) is 0 Å². The van der Waals surface area contributed by atoms with Gasteiger partial charge in [-0.25, -0.2) is 0 Å². The molecule has 0 saturated carbocycles. The molecule has 1 heterocycles. The molecule has 0 amide bonds. The summed E-state index contributed by atoms with van der Waals surface area (Å²) in [5.74, 6) is 1.94. The van der Waals surface area contributed by atoms with Crippen molar-refractivity contribution in [1.29, 1.82) is 0 Å². The normalized spacial score (nSPS) is 25.3. The van der Waals surface area contributed by atoms with E-state index in [1.54, 1.807) is 0 Å². The molecule has 82 valence electrons. The monoisotopic (exact) mass is 221 g/mol. The van der Waals surface area contributed by atoms with Crippen LogP contribution in [-0.4, -0.2) is 11.8 Å². The van der Waals surface area contributed by atoms with Crippen molar-refractivity contribution in [2.24, 2.45) is 5.92 Å². The molecule has 0 bridgehead atoms. The first-order valence-electron chi connectivity index (χ1n) is 5.66. The molecule has 0 spiro atoms. The highest BCUT2D eigenvalue weighted by Gasteiger charge is 2.26. The Labute approximate surface area is 96.7 Å². The predicted molar refractivity (Wildman–Crippen MR) is 67.3 cm³/mol. The Morgan fingerprint density at radius 2 is 2.07 bits per heavy atom. The molecule has 0 fully saturated rings. The molecular formula is C13H19NS. The Bertz CT molecular complexity index is 335. The Hall–Kier alpha value is -0.470. The van der Waals surface area contributed by atoms with Gasteiger partial charge < -0.3 is 5.32 Å². The van der Waals surface area contributed by atoms with Gasteiger partial charge in [-0.15, -0.1) is 11.8 Å². The molecule has 0 aliphatic carbocycles. The van der Waals surface area contributed by atoms with Gasteiger partial charge in [0.1, 0.15) is 0 Å². The van der Waals surface area contributed by atoms with Crippen molar-refractivity contribution in [3.8, 4) is 0 Å². The molecule has 1 nitrogen and oxygen atoms in total. The first kappa shape index (κ1) is 11.0. The molecule has 1 N–H and O–H groups in total. The Kier molecular flexibility index (Phi) is 3.37. The summed E-state index contributed by atoms with van der Waals surface area (Å²) in [6, 6.07) is 9.86. The van der Waals surface area contributed by atoms with Gasteiger partial charge in [0.25, 0.3) is 0 Å². The van der Waals surface area contributed by atoms with Crippen molar-refractivity contribution < 1.29 is 0 Å². The molecule has 2 heteroatoms. The maximum absolute atomic E-state index is 3.67. The van der Waals surface area contributed by atoms with E-state index in [9.17, 15) is 0 Å². The Morgan fingerprint density at radius 3 is 2.80 bits per heavy atom. The van der Waals surface area contributed by atoms with Gasteiger partial charge >= 0.3 is 0 Å². The van der Waals surface area contributed by atoms with Crippen molar-refractivity contribution >= 4 is 11.8 Å². The molecule has 2 unspecified atom stereocenters. The molecule has 1 aliphatic rings. The zero-order valence-corrected chi connectivity index (χ0v) is 10.5. The first-order chi connectivity index (χ1) is 7.18. The number of rotatable bonds is 2. The minimum absolute atomic E-state index is 0.530. The van der Waals surface area contributed by atoms with Crippen LogP contribution < -0.4 is 5.32 Å². The lowest BCUT2D eigenvalue weighted by Crippen LogP contribution is -2.35. The van der Waals surface area contributed by atoms with Gasteiger partial charge in [-0.05, 0) is 17.5 Å². The number of hydrogen-bond acceptors (Lipinski definition) is 2. The van der Waals surface area contributed by atoms with Gasteiger partial charge in [-0.2, -0.15) is 0 Å². The fraction of sp³-hybridized carbons (Fsp3) is 0.538.